The maximum atomic E-state index is 11.6. The first-order valence-electron chi connectivity index (χ1n) is 4.22. The highest BCUT2D eigenvalue weighted by Crippen LogP contribution is 2.20. The molecule has 0 fully saturated rings. The molecule has 0 saturated carbocycles. The number of alkyl halides is 1. The summed E-state index contributed by atoms with van der Waals surface area (Å²) in [5.41, 5.74) is 0.814. The van der Waals surface area contributed by atoms with E-state index in [2.05, 4.69) is 4.72 Å². The Labute approximate surface area is 98.3 Å². The van der Waals surface area contributed by atoms with Gasteiger partial charge in [-0.05, 0) is 17.0 Å². The quantitative estimate of drug-likeness (QED) is 0.628. The van der Waals surface area contributed by atoms with Crippen LogP contribution in [0.3, 0.4) is 0 Å². The minimum atomic E-state index is -3.39. The lowest BCUT2D eigenvalue weighted by atomic mass is 10.4. The Balaban J connectivity index is 2.68. The van der Waals surface area contributed by atoms with Crippen LogP contribution >= 0.6 is 22.9 Å². The zero-order valence-corrected chi connectivity index (χ0v) is 10.6. The number of ether oxygens (including phenoxy) is 1. The van der Waals surface area contributed by atoms with E-state index in [1.807, 2.05) is 0 Å². The summed E-state index contributed by atoms with van der Waals surface area (Å²) in [6, 6.07) is 1.58. The van der Waals surface area contributed by atoms with E-state index in [1.54, 1.807) is 11.4 Å². The molecule has 0 aliphatic rings. The predicted molar refractivity (Wildman–Crippen MR) is 60.9 cm³/mol. The molecular weight excluding hydrogens is 258 g/mol. The van der Waals surface area contributed by atoms with Gasteiger partial charge >= 0.3 is 0 Å². The van der Waals surface area contributed by atoms with Gasteiger partial charge in [0.25, 0.3) is 0 Å². The minimum absolute atomic E-state index is 0.271. The molecule has 0 radical (unpaired) electrons. The predicted octanol–water partition coefficient (Wildman–Crippen LogP) is 1.41. The molecule has 0 aliphatic heterocycles. The van der Waals surface area contributed by atoms with Gasteiger partial charge in [0.05, 0.1) is 6.61 Å². The Morgan fingerprint density at radius 3 is 2.87 bits per heavy atom. The molecule has 1 N–H and O–H groups in total. The molecule has 7 heteroatoms. The fourth-order valence-electron chi connectivity index (χ4n) is 0.913. The van der Waals surface area contributed by atoms with Crippen molar-refractivity contribution in [2.24, 2.45) is 0 Å². The van der Waals surface area contributed by atoms with Crippen LogP contribution in [0.25, 0.3) is 0 Å². The van der Waals surface area contributed by atoms with Gasteiger partial charge in [-0.1, -0.05) is 0 Å². The summed E-state index contributed by atoms with van der Waals surface area (Å²) in [6.45, 7) is 0.625. The summed E-state index contributed by atoms with van der Waals surface area (Å²) in [6.07, 6.45) is 0. The van der Waals surface area contributed by atoms with Gasteiger partial charge < -0.3 is 4.74 Å². The summed E-state index contributed by atoms with van der Waals surface area (Å²) < 4.78 is 30.7. The lowest BCUT2D eigenvalue weighted by Crippen LogP contribution is -2.26. The van der Waals surface area contributed by atoms with Gasteiger partial charge in [-0.2, -0.15) is 0 Å². The van der Waals surface area contributed by atoms with E-state index in [9.17, 15) is 8.42 Å². The number of hydrogen-bond donors (Lipinski definition) is 1. The zero-order chi connectivity index (χ0) is 11.3. The Morgan fingerprint density at radius 2 is 2.33 bits per heavy atom. The van der Waals surface area contributed by atoms with E-state index in [0.29, 0.717) is 12.5 Å². The number of rotatable bonds is 6. The summed E-state index contributed by atoms with van der Waals surface area (Å²) in [5, 5.41) is 1.73. The highest BCUT2D eigenvalue weighted by atomic mass is 35.5. The van der Waals surface area contributed by atoms with E-state index >= 15 is 0 Å². The van der Waals surface area contributed by atoms with Gasteiger partial charge in [0, 0.05) is 19.5 Å². The lowest BCUT2D eigenvalue weighted by Gasteiger charge is -2.02. The van der Waals surface area contributed by atoms with Crippen molar-refractivity contribution in [2.45, 2.75) is 10.1 Å². The Bertz CT molecular complexity index is 402. The van der Waals surface area contributed by atoms with Crippen LogP contribution in [-0.2, 0) is 20.6 Å². The topological polar surface area (TPSA) is 55.4 Å². The average Bonchev–Trinajstić information content (AvgIpc) is 2.66. The maximum Gasteiger partial charge on any atom is 0.250 e. The number of halogens is 1. The molecule has 1 aromatic rings. The third-order valence-electron chi connectivity index (χ3n) is 1.65. The number of methoxy groups -OCH3 is 1. The van der Waals surface area contributed by atoms with Crippen LogP contribution < -0.4 is 4.72 Å². The second-order valence-corrected chi connectivity index (χ2v) is 5.97. The van der Waals surface area contributed by atoms with Crippen LogP contribution in [0, 0.1) is 0 Å². The van der Waals surface area contributed by atoms with Gasteiger partial charge in [-0.15, -0.1) is 22.9 Å². The summed E-state index contributed by atoms with van der Waals surface area (Å²) in [4.78, 5) is 0. The monoisotopic (exact) mass is 269 g/mol. The van der Waals surface area contributed by atoms with Gasteiger partial charge in [-0.25, -0.2) is 13.1 Å². The van der Waals surface area contributed by atoms with Crippen molar-refractivity contribution >= 4 is 33.0 Å². The molecule has 86 valence electrons. The molecule has 1 heterocycles. The second-order valence-electron chi connectivity index (χ2n) is 2.80. The fourth-order valence-corrected chi connectivity index (χ4v) is 3.43. The highest BCUT2D eigenvalue weighted by Gasteiger charge is 2.15. The largest absolute Gasteiger partial charge is 0.383 e. The number of nitrogens with one attached hydrogen (secondary N) is 1. The van der Waals surface area contributed by atoms with Crippen LogP contribution in [-0.4, -0.2) is 28.7 Å². The Morgan fingerprint density at radius 1 is 1.60 bits per heavy atom. The minimum Gasteiger partial charge on any atom is -0.383 e. The molecule has 0 aromatic carbocycles. The highest BCUT2D eigenvalue weighted by molar-refractivity contribution is 7.91. The van der Waals surface area contributed by atoms with Crippen molar-refractivity contribution in [1.82, 2.24) is 4.72 Å². The third-order valence-corrected chi connectivity index (χ3v) is 4.91. The molecule has 1 rings (SSSR count). The lowest BCUT2D eigenvalue weighted by molar-refractivity contribution is 0.204. The Hall–Kier alpha value is -0.140. The number of sulfonamides is 1. The normalized spacial score (nSPS) is 11.9. The number of thiophene rings is 1. The van der Waals surface area contributed by atoms with Gasteiger partial charge in [0.2, 0.25) is 10.0 Å². The van der Waals surface area contributed by atoms with E-state index in [1.165, 1.54) is 7.11 Å². The van der Waals surface area contributed by atoms with Gasteiger partial charge in [0.1, 0.15) is 4.21 Å². The molecule has 0 bridgehead atoms. The van der Waals surface area contributed by atoms with Crippen molar-refractivity contribution < 1.29 is 13.2 Å². The third kappa shape index (κ3) is 3.73. The zero-order valence-electron chi connectivity index (χ0n) is 8.20. The van der Waals surface area contributed by atoms with Crippen molar-refractivity contribution in [3.63, 3.8) is 0 Å². The van der Waals surface area contributed by atoms with Crippen LogP contribution in [0.2, 0.25) is 0 Å². The number of hydrogen-bond acceptors (Lipinski definition) is 4. The van der Waals surface area contributed by atoms with Crippen molar-refractivity contribution in [1.29, 1.82) is 0 Å². The van der Waals surface area contributed by atoms with E-state index in [4.69, 9.17) is 16.3 Å². The van der Waals surface area contributed by atoms with E-state index < -0.39 is 10.0 Å². The van der Waals surface area contributed by atoms with Crippen LogP contribution in [0.5, 0.6) is 0 Å². The molecule has 0 saturated heterocycles. The summed E-state index contributed by atoms with van der Waals surface area (Å²) in [7, 11) is -1.87. The summed E-state index contributed by atoms with van der Waals surface area (Å²) in [5.74, 6) is 0.324. The van der Waals surface area contributed by atoms with Crippen molar-refractivity contribution in [2.75, 3.05) is 20.3 Å². The van der Waals surface area contributed by atoms with Gasteiger partial charge in [-0.3, -0.25) is 0 Å². The molecule has 15 heavy (non-hydrogen) atoms. The average molecular weight is 270 g/mol. The van der Waals surface area contributed by atoms with Crippen LogP contribution in [0.1, 0.15) is 5.56 Å². The maximum absolute atomic E-state index is 11.6. The molecule has 4 nitrogen and oxygen atoms in total. The van der Waals surface area contributed by atoms with E-state index in [0.717, 1.165) is 16.9 Å². The van der Waals surface area contributed by atoms with Crippen LogP contribution in [0.4, 0.5) is 0 Å². The van der Waals surface area contributed by atoms with Crippen LogP contribution in [0.15, 0.2) is 15.7 Å². The molecule has 1 aromatic heterocycles. The molecule has 0 unspecified atom stereocenters. The fraction of sp³-hybridized carbons (Fsp3) is 0.500. The first kappa shape index (κ1) is 12.9. The smallest absolute Gasteiger partial charge is 0.250 e. The van der Waals surface area contributed by atoms with Crippen molar-refractivity contribution in [3.05, 3.63) is 17.0 Å². The Kier molecular flexibility index (Phi) is 5.01. The second kappa shape index (κ2) is 5.81. The van der Waals surface area contributed by atoms with Crippen molar-refractivity contribution in [3.8, 4) is 0 Å². The molecule has 0 aliphatic carbocycles. The standard InChI is InChI=1S/C8H12ClNO3S2/c1-13-3-2-10-15(11,12)8-4-7(5-9)6-14-8/h4,6,10H,2-3,5H2,1H3. The molecule has 0 atom stereocenters. The van der Waals surface area contributed by atoms with Gasteiger partial charge in [0.15, 0.2) is 0 Å². The molecule has 0 spiro atoms. The van der Waals surface area contributed by atoms with E-state index in [-0.39, 0.29) is 10.8 Å². The molecular formula is C8H12ClNO3S2. The summed E-state index contributed by atoms with van der Waals surface area (Å²) >= 11 is 6.75. The molecule has 0 amide bonds. The first-order chi connectivity index (χ1) is 7.10. The SMILES string of the molecule is COCCNS(=O)(=O)c1cc(CCl)cs1. The first-order valence-corrected chi connectivity index (χ1v) is 7.12.